The van der Waals surface area contributed by atoms with Gasteiger partial charge in [-0.3, -0.25) is 9.69 Å². The lowest BCUT2D eigenvalue weighted by Gasteiger charge is -2.26. The molecule has 1 aromatic rings. The van der Waals surface area contributed by atoms with Crippen LogP contribution in [0.15, 0.2) is 18.2 Å². The SMILES string of the molecule is O=C(CCCCN1CCOCC1)N[C@H]1CCc2c(Cl)cccc21. The van der Waals surface area contributed by atoms with Gasteiger partial charge in [-0.15, -0.1) is 0 Å². The van der Waals surface area contributed by atoms with Crippen LogP contribution < -0.4 is 5.32 Å². The van der Waals surface area contributed by atoms with Crippen molar-refractivity contribution in [1.82, 2.24) is 10.2 Å². The number of amides is 1. The molecule has 1 N–H and O–H groups in total. The first-order valence-electron chi connectivity index (χ1n) is 8.61. The predicted octanol–water partition coefficient (Wildman–Crippen LogP) is 2.95. The first-order valence-corrected chi connectivity index (χ1v) is 8.98. The van der Waals surface area contributed by atoms with Gasteiger partial charge in [0.15, 0.2) is 0 Å². The summed E-state index contributed by atoms with van der Waals surface area (Å²) in [5.41, 5.74) is 2.39. The van der Waals surface area contributed by atoms with E-state index in [1.807, 2.05) is 12.1 Å². The van der Waals surface area contributed by atoms with Crippen molar-refractivity contribution in [1.29, 1.82) is 0 Å². The number of benzene rings is 1. The molecular weight excluding hydrogens is 312 g/mol. The fourth-order valence-electron chi connectivity index (χ4n) is 3.47. The van der Waals surface area contributed by atoms with Crippen molar-refractivity contribution < 1.29 is 9.53 Å². The Labute approximate surface area is 143 Å². The van der Waals surface area contributed by atoms with E-state index >= 15 is 0 Å². The number of hydrogen-bond acceptors (Lipinski definition) is 3. The minimum Gasteiger partial charge on any atom is -0.379 e. The third-order valence-electron chi connectivity index (χ3n) is 4.78. The van der Waals surface area contributed by atoms with Gasteiger partial charge in [-0.1, -0.05) is 23.7 Å². The molecule has 0 radical (unpaired) electrons. The maximum atomic E-state index is 12.2. The van der Waals surface area contributed by atoms with Crippen LogP contribution in [0.4, 0.5) is 0 Å². The first-order chi connectivity index (χ1) is 11.2. The van der Waals surface area contributed by atoms with Crippen molar-refractivity contribution in [2.75, 3.05) is 32.8 Å². The Morgan fingerprint density at radius 1 is 1.30 bits per heavy atom. The van der Waals surface area contributed by atoms with Crippen molar-refractivity contribution in [2.24, 2.45) is 0 Å². The number of carbonyl (C=O) groups excluding carboxylic acids is 1. The summed E-state index contributed by atoms with van der Waals surface area (Å²) < 4.78 is 5.34. The molecule has 0 saturated carbocycles. The van der Waals surface area contributed by atoms with Crippen LogP contribution in [0.1, 0.15) is 42.9 Å². The highest BCUT2D eigenvalue weighted by Crippen LogP contribution is 2.35. The van der Waals surface area contributed by atoms with E-state index in [9.17, 15) is 4.79 Å². The Morgan fingerprint density at radius 3 is 2.96 bits per heavy atom. The summed E-state index contributed by atoms with van der Waals surface area (Å²) in [5.74, 6) is 0.157. The molecule has 4 nitrogen and oxygen atoms in total. The van der Waals surface area contributed by atoms with Gasteiger partial charge < -0.3 is 10.1 Å². The number of carbonyl (C=O) groups is 1. The monoisotopic (exact) mass is 336 g/mol. The number of ether oxygens (including phenoxy) is 1. The molecule has 0 aromatic heterocycles. The molecule has 23 heavy (non-hydrogen) atoms. The topological polar surface area (TPSA) is 41.6 Å². The summed E-state index contributed by atoms with van der Waals surface area (Å²) >= 11 is 6.22. The molecule has 1 amide bonds. The number of unbranched alkanes of at least 4 members (excludes halogenated alkanes) is 1. The predicted molar refractivity (Wildman–Crippen MR) is 91.8 cm³/mol. The largest absolute Gasteiger partial charge is 0.379 e. The minimum atomic E-state index is 0.135. The molecule has 0 unspecified atom stereocenters. The lowest BCUT2D eigenvalue weighted by atomic mass is 10.1. The van der Waals surface area contributed by atoms with Crippen LogP contribution in [-0.2, 0) is 16.0 Å². The molecule has 0 spiro atoms. The zero-order chi connectivity index (χ0) is 16.1. The van der Waals surface area contributed by atoms with E-state index in [0.29, 0.717) is 6.42 Å². The van der Waals surface area contributed by atoms with Gasteiger partial charge in [0.1, 0.15) is 0 Å². The van der Waals surface area contributed by atoms with E-state index in [4.69, 9.17) is 16.3 Å². The van der Waals surface area contributed by atoms with Gasteiger partial charge in [0.05, 0.1) is 19.3 Å². The number of nitrogens with zero attached hydrogens (tertiary/aromatic N) is 1. The summed E-state index contributed by atoms with van der Waals surface area (Å²) in [4.78, 5) is 14.6. The number of nitrogens with one attached hydrogen (secondary N) is 1. The van der Waals surface area contributed by atoms with Crippen LogP contribution in [0.3, 0.4) is 0 Å². The van der Waals surface area contributed by atoms with Crippen molar-refractivity contribution in [2.45, 2.75) is 38.1 Å². The third kappa shape index (κ3) is 4.46. The van der Waals surface area contributed by atoms with E-state index in [-0.39, 0.29) is 11.9 Å². The smallest absolute Gasteiger partial charge is 0.220 e. The molecular formula is C18H25ClN2O2. The maximum absolute atomic E-state index is 12.2. The van der Waals surface area contributed by atoms with Gasteiger partial charge in [-0.2, -0.15) is 0 Å². The molecule has 1 aromatic carbocycles. The van der Waals surface area contributed by atoms with E-state index < -0.39 is 0 Å². The van der Waals surface area contributed by atoms with E-state index in [0.717, 1.165) is 63.6 Å². The second kappa shape index (κ2) is 8.13. The molecule has 1 aliphatic heterocycles. The average molecular weight is 337 g/mol. The van der Waals surface area contributed by atoms with E-state index in [1.165, 1.54) is 11.1 Å². The lowest BCUT2D eigenvalue weighted by Crippen LogP contribution is -2.36. The molecule has 5 heteroatoms. The molecule has 1 saturated heterocycles. The highest BCUT2D eigenvalue weighted by atomic mass is 35.5. The van der Waals surface area contributed by atoms with Crippen molar-refractivity contribution in [3.8, 4) is 0 Å². The van der Waals surface area contributed by atoms with Crippen molar-refractivity contribution in [3.63, 3.8) is 0 Å². The Bertz CT molecular complexity index is 544. The molecule has 1 atom stereocenters. The number of rotatable bonds is 6. The van der Waals surface area contributed by atoms with Gasteiger partial charge in [-0.25, -0.2) is 0 Å². The van der Waals surface area contributed by atoms with E-state index in [2.05, 4.69) is 16.3 Å². The maximum Gasteiger partial charge on any atom is 0.220 e. The van der Waals surface area contributed by atoms with Gasteiger partial charge in [0, 0.05) is 24.5 Å². The van der Waals surface area contributed by atoms with Crippen LogP contribution in [0.25, 0.3) is 0 Å². The van der Waals surface area contributed by atoms with Crippen molar-refractivity contribution in [3.05, 3.63) is 34.3 Å². The molecule has 2 aliphatic rings. The minimum absolute atomic E-state index is 0.135. The lowest BCUT2D eigenvalue weighted by molar-refractivity contribution is -0.122. The number of morpholine rings is 1. The Morgan fingerprint density at radius 2 is 2.13 bits per heavy atom. The van der Waals surface area contributed by atoms with Gasteiger partial charge >= 0.3 is 0 Å². The Balaban J connectivity index is 1.38. The van der Waals surface area contributed by atoms with Crippen LogP contribution >= 0.6 is 11.6 Å². The number of fused-ring (bicyclic) bond motifs is 1. The summed E-state index contributed by atoms with van der Waals surface area (Å²) in [6, 6.07) is 6.11. The fraction of sp³-hybridized carbons (Fsp3) is 0.611. The number of halogens is 1. The first kappa shape index (κ1) is 16.7. The molecule has 3 rings (SSSR count). The summed E-state index contributed by atoms with van der Waals surface area (Å²) in [6.45, 7) is 4.78. The average Bonchev–Trinajstić information content (AvgIpc) is 2.97. The molecule has 0 bridgehead atoms. The number of hydrogen-bond donors (Lipinski definition) is 1. The standard InChI is InChI=1S/C18H25ClN2O2/c19-16-5-3-4-15-14(16)7-8-17(15)20-18(22)6-1-2-9-21-10-12-23-13-11-21/h3-5,17H,1-2,6-13H2,(H,20,22)/t17-/m0/s1. The van der Waals surface area contributed by atoms with E-state index in [1.54, 1.807) is 0 Å². The van der Waals surface area contributed by atoms with Crippen molar-refractivity contribution >= 4 is 17.5 Å². The summed E-state index contributed by atoms with van der Waals surface area (Å²) in [6.07, 6.45) is 4.53. The van der Waals surface area contributed by atoms with Gasteiger partial charge in [0.2, 0.25) is 5.91 Å². The highest BCUT2D eigenvalue weighted by molar-refractivity contribution is 6.31. The Kier molecular flexibility index (Phi) is 5.92. The fourth-order valence-corrected chi connectivity index (χ4v) is 3.75. The van der Waals surface area contributed by atoms with Crippen LogP contribution in [0.2, 0.25) is 5.02 Å². The molecule has 126 valence electrons. The van der Waals surface area contributed by atoms with Crippen LogP contribution in [0, 0.1) is 0 Å². The Hall–Kier alpha value is -1.10. The molecule has 1 fully saturated rings. The third-order valence-corrected chi connectivity index (χ3v) is 5.13. The second-order valence-electron chi connectivity index (χ2n) is 6.38. The molecule has 1 aliphatic carbocycles. The second-order valence-corrected chi connectivity index (χ2v) is 6.78. The van der Waals surface area contributed by atoms with Gasteiger partial charge in [0.25, 0.3) is 0 Å². The normalized spacial score (nSPS) is 21.2. The zero-order valence-corrected chi connectivity index (χ0v) is 14.3. The molecule has 1 heterocycles. The van der Waals surface area contributed by atoms with Gasteiger partial charge in [-0.05, 0) is 49.4 Å². The van der Waals surface area contributed by atoms with Crippen LogP contribution in [0.5, 0.6) is 0 Å². The van der Waals surface area contributed by atoms with Crippen LogP contribution in [-0.4, -0.2) is 43.7 Å². The summed E-state index contributed by atoms with van der Waals surface area (Å²) in [7, 11) is 0. The quantitative estimate of drug-likeness (QED) is 0.812. The summed E-state index contributed by atoms with van der Waals surface area (Å²) in [5, 5.41) is 3.99. The highest BCUT2D eigenvalue weighted by Gasteiger charge is 2.25. The zero-order valence-electron chi connectivity index (χ0n) is 13.5.